The summed E-state index contributed by atoms with van der Waals surface area (Å²) in [6.45, 7) is 3.80. The van der Waals surface area contributed by atoms with Crippen LogP contribution in [-0.2, 0) is 19.1 Å². The number of likely N-dealkylation sites (N-methyl/N-ethyl adjacent to an activating group) is 1. The SMILES string of the molecule is CN1CCN(C(=O)C(CC(=O)O)NC(=O)OCC2c3ccccc3-c3ccccc32)C(C)(C)C1=O. The fourth-order valence-corrected chi connectivity index (χ4v) is 4.94. The number of rotatable bonds is 6. The van der Waals surface area contributed by atoms with Crippen LogP contribution < -0.4 is 5.32 Å². The van der Waals surface area contributed by atoms with Gasteiger partial charge in [0, 0.05) is 26.1 Å². The van der Waals surface area contributed by atoms with Crippen LogP contribution in [-0.4, -0.2) is 77.1 Å². The summed E-state index contributed by atoms with van der Waals surface area (Å²) in [6.07, 6.45) is -1.51. The smallest absolute Gasteiger partial charge is 0.407 e. The lowest BCUT2D eigenvalue weighted by molar-refractivity contribution is -0.159. The average molecular weight is 480 g/mol. The molecular formula is C26H29N3O6. The van der Waals surface area contributed by atoms with Crippen molar-refractivity contribution in [2.24, 2.45) is 0 Å². The molecule has 3 amide bonds. The van der Waals surface area contributed by atoms with Crippen molar-refractivity contribution in [1.29, 1.82) is 0 Å². The molecule has 0 bridgehead atoms. The van der Waals surface area contributed by atoms with Crippen LogP contribution in [0, 0.1) is 0 Å². The Morgan fingerprint density at radius 1 is 1.06 bits per heavy atom. The number of piperazine rings is 1. The Balaban J connectivity index is 1.47. The Morgan fingerprint density at radius 3 is 2.20 bits per heavy atom. The number of hydrogen-bond acceptors (Lipinski definition) is 5. The molecule has 1 heterocycles. The van der Waals surface area contributed by atoms with Gasteiger partial charge in [0.15, 0.2) is 0 Å². The minimum atomic E-state index is -1.36. The fraction of sp³-hybridized carbons (Fsp3) is 0.385. The molecule has 1 saturated heterocycles. The second kappa shape index (κ2) is 9.40. The highest BCUT2D eigenvalue weighted by Crippen LogP contribution is 2.44. The first-order valence-electron chi connectivity index (χ1n) is 11.5. The largest absolute Gasteiger partial charge is 0.481 e. The summed E-state index contributed by atoms with van der Waals surface area (Å²) in [5.74, 6) is -2.31. The molecule has 2 aromatic rings. The first-order valence-corrected chi connectivity index (χ1v) is 11.5. The van der Waals surface area contributed by atoms with Crippen LogP contribution in [0.25, 0.3) is 11.1 Å². The van der Waals surface area contributed by atoms with Crippen LogP contribution in [0.3, 0.4) is 0 Å². The lowest BCUT2D eigenvalue weighted by atomic mass is 9.96. The molecule has 0 spiro atoms. The second-order valence-electron chi connectivity index (χ2n) is 9.40. The highest BCUT2D eigenvalue weighted by molar-refractivity contribution is 5.96. The number of nitrogens with zero attached hydrogens (tertiary/aromatic N) is 2. The molecule has 1 aliphatic carbocycles. The first kappa shape index (κ1) is 24.3. The van der Waals surface area contributed by atoms with Crippen molar-refractivity contribution in [1.82, 2.24) is 15.1 Å². The van der Waals surface area contributed by atoms with Gasteiger partial charge in [-0.2, -0.15) is 0 Å². The van der Waals surface area contributed by atoms with Gasteiger partial charge in [0.25, 0.3) is 0 Å². The van der Waals surface area contributed by atoms with Crippen LogP contribution in [0.1, 0.15) is 37.3 Å². The molecule has 184 valence electrons. The summed E-state index contributed by atoms with van der Waals surface area (Å²) in [5, 5.41) is 11.8. The normalized spacial score (nSPS) is 17.4. The topological polar surface area (TPSA) is 116 Å². The number of carbonyl (C=O) groups excluding carboxylic acids is 3. The third-order valence-electron chi connectivity index (χ3n) is 6.78. The third-order valence-corrected chi connectivity index (χ3v) is 6.78. The van der Waals surface area contributed by atoms with Gasteiger partial charge in [-0.3, -0.25) is 14.4 Å². The predicted octanol–water partition coefficient (Wildman–Crippen LogP) is 2.45. The minimum absolute atomic E-state index is 0.0341. The van der Waals surface area contributed by atoms with Gasteiger partial charge >= 0.3 is 12.1 Å². The Labute approximate surface area is 203 Å². The number of ether oxygens (including phenoxy) is 1. The predicted molar refractivity (Wildman–Crippen MR) is 128 cm³/mol. The number of amides is 3. The van der Waals surface area contributed by atoms with Crippen LogP contribution in [0.2, 0.25) is 0 Å². The molecular weight excluding hydrogens is 450 g/mol. The van der Waals surface area contributed by atoms with E-state index in [2.05, 4.69) is 5.32 Å². The Kier molecular flexibility index (Phi) is 6.51. The van der Waals surface area contributed by atoms with Gasteiger partial charge in [-0.15, -0.1) is 0 Å². The molecule has 1 aliphatic heterocycles. The highest BCUT2D eigenvalue weighted by atomic mass is 16.5. The summed E-state index contributed by atoms with van der Waals surface area (Å²) in [7, 11) is 1.65. The Bertz CT molecular complexity index is 1130. The Morgan fingerprint density at radius 2 is 1.63 bits per heavy atom. The molecule has 1 unspecified atom stereocenters. The molecule has 4 rings (SSSR count). The maximum absolute atomic E-state index is 13.2. The second-order valence-corrected chi connectivity index (χ2v) is 9.40. The minimum Gasteiger partial charge on any atom is -0.481 e. The van der Waals surface area contributed by atoms with Crippen LogP contribution in [0.4, 0.5) is 4.79 Å². The molecule has 35 heavy (non-hydrogen) atoms. The van der Waals surface area contributed by atoms with Gasteiger partial charge in [-0.1, -0.05) is 48.5 Å². The van der Waals surface area contributed by atoms with Crippen molar-refractivity contribution in [3.05, 3.63) is 59.7 Å². The van der Waals surface area contributed by atoms with Gasteiger partial charge in [0.1, 0.15) is 18.2 Å². The van der Waals surface area contributed by atoms with Crippen molar-refractivity contribution in [3.63, 3.8) is 0 Å². The van der Waals surface area contributed by atoms with E-state index < -0.39 is 36.0 Å². The number of carbonyl (C=O) groups is 4. The molecule has 9 heteroatoms. The standard InChI is InChI=1S/C26H29N3O6/c1-26(2)24(33)28(3)12-13-29(26)23(32)21(14-22(30)31)27-25(34)35-15-20-18-10-6-4-8-16(18)17-9-5-7-11-19(17)20/h4-11,20-21H,12-15H2,1-3H3,(H,27,34)(H,30,31). The zero-order chi connectivity index (χ0) is 25.3. The van der Waals surface area contributed by atoms with E-state index in [1.54, 1.807) is 20.9 Å². The summed E-state index contributed by atoms with van der Waals surface area (Å²) in [6, 6.07) is 14.4. The average Bonchev–Trinajstić information content (AvgIpc) is 3.14. The number of alkyl carbamates (subject to hydrolysis) is 1. The van der Waals surface area contributed by atoms with Crippen molar-refractivity contribution in [2.75, 3.05) is 26.7 Å². The molecule has 2 aromatic carbocycles. The molecule has 0 aromatic heterocycles. The Hall–Kier alpha value is -3.88. The number of aliphatic carboxylic acids is 1. The highest BCUT2D eigenvalue weighted by Gasteiger charge is 2.45. The molecule has 0 saturated carbocycles. The molecule has 1 fully saturated rings. The van der Waals surface area contributed by atoms with E-state index in [0.29, 0.717) is 6.54 Å². The maximum atomic E-state index is 13.2. The van der Waals surface area contributed by atoms with E-state index in [4.69, 9.17) is 4.74 Å². The van der Waals surface area contributed by atoms with Crippen molar-refractivity contribution in [2.45, 2.75) is 37.8 Å². The summed E-state index contributed by atoms with van der Waals surface area (Å²) >= 11 is 0. The summed E-state index contributed by atoms with van der Waals surface area (Å²) in [4.78, 5) is 52.8. The molecule has 1 atom stereocenters. The van der Waals surface area contributed by atoms with Gasteiger partial charge in [0.05, 0.1) is 6.42 Å². The van der Waals surface area contributed by atoms with Crippen LogP contribution >= 0.6 is 0 Å². The van der Waals surface area contributed by atoms with E-state index in [1.165, 1.54) is 9.80 Å². The van der Waals surface area contributed by atoms with E-state index in [9.17, 15) is 24.3 Å². The molecule has 2 aliphatic rings. The van der Waals surface area contributed by atoms with E-state index in [-0.39, 0.29) is 25.0 Å². The fourth-order valence-electron chi connectivity index (χ4n) is 4.94. The zero-order valence-corrected chi connectivity index (χ0v) is 20.0. The van der Waals surface area contributed by atoms with E-state index >= 15 is 0 Å². The number of carboxylic acids is 1. The number of nitrogens with one attached hydrogen (secondary N) is 1. The van der Waals surface area contributed by atoms with Crippen molar-refractivity contribution < 1.29 is 29.0 Å². The van der Waals surface area contributed by atoms with Crippen LogP contribution in [0.15, 0.2) is 48.5 Å². The van der Waals surface area contributed by atoms with Gasteiger partial charge in [0.2, 0.25) is 11.8 Å². The zero-order valence-electron chi connectivity index (χ0n) is 20.0. The van der Waals surface area contributed by atoms with Crippen LogP contribution in [0.5, 0.6) is 0 Å². The third kappa shape index (κ3) is 4.58. The lowest BCUT2D eigenvalue weighted by Crippen LogP contribution is -2.66. The monoisotopic (exact) mass is 479 g/mol. The van der Waals surface area contributed by atoms with E-state index in [1.807, 2.05) is 48.5 Å². The number of carboxylic acid groups (broad SMARTS) is 1. The van der Waals surface area contributed by atoms with Gasteiger partial charge in [-0.05, 0) is 36.1 Å². The number of fused-ring (bicyclic) bond motifs is 3. The quantitative estimate of drug-likeness (QED) is 0.658. The van der Waals surface area contributed by atoms with Crippen molar-refractivity contribution in [3.8, 4) is 11.1 Å². The molecule has 9 nitrogen and oxygen atoms in total. The van der Waals surface area contributed by atoms with E-state index in [0.717, 1.165) is 22.3 Å². The van der Waals surface area contributed by atoms with Crippen molar-refractivity contribution >= 4 is 23.9 Å². The molecule has 0 radical (unpaired) electrons. The van der Waals surface area contributed by atoms with Gasteiger partial charge < -0.3 is 25.0 Å². The maximum Gasteiger partial charge on any atom is 0.407 e. The number of hydrogen-bond donors (Lipinski definition) is 2. The summed E-state index contributed by atoms with van der Waals surface area (Å²) < 4.78 is 5.49. The van der Waals surface area contributed by atoms with Gasteiger partial charge in [-0.25, -0.2) is 4.79 Å². The number of benzene rings is 2. The molecule has 2 N–H and O–H groups in total. The lowest BCUT2D eigenvalue weighted by Gasteiger charge is -2.45. The summed E-state index contributed by atoms with van der Waals surface area (Å²) in [5.41, 5.74) is 3.08. The first-order chi connectivity index (χ1) is 16.6.